The fourth-order valence-electron chi connectivity index (χ4n) is 3.74. The molecule has 2 N–H and O–H groups in total. The second-order valence-corrected chi connectivity index (χ2v) is 9.54. The second kappa shape index (κ2) is 8.28. The number of nitrogens with zero attached hydrogens (tertiary/aromatic N) is 2. The Kier molecular flexibility index (Phi) is 5.71. The Hall–Kier alpha value is -2.58. The Balaban J connectivity index is 1.57. The number of piperidine rings is 1. The molecule has 4 rings (SSSR count). The number of fused-ring (bicyclic) bond motifs is 1. The second-order valence-electron chi connectivity index (χ2n) is 7.45. The van der Waals surface area contributed by atoms with Crippen molar-refractivity contribution in [3.63, 3.8) is 0 Å². The van der Waals surface area contributed by atoms with Crippen LogP contribution in [0.2, 0.25) is 5.02 Å². The summed E-state index contributed by atoms with van der Waals surface area (Å²) in [6.07, 6.45) is 3.43. The van der Waals surface area contributed by atoms with E-state index in [-0.39, 0.29) is 16.6 Å². The maximum absolute atomic E-state index is 12.9. The Morgan fingerprint density at radius 1 is 1.17 bits per heavy atom. The number of nitrogens with one attached hydrogen (secondary N) is 2. The van der Waals surface area contributed by atoms with Gasteiger partial charge in [0.25, 0.3) is 10.0 Å². The van der Waals surface area contributed by atoms with Crippen LogP contribution in [0.4, 0.5) is 11.4 Å². The molecular weight excluding hydrogens is 424 g/mol. The van der Waals surface area contributed by atoms with Crippen LogP contribution in [0.1, 0.15) is 31.7 Å². The van der Waals surface area contributed by atoms with Crippen LogP contribution in [0, 0.1) is 0 Å². The van der Waals surface area contributed by atoms with Crippen LogP contribution < -0.4 is 14.9 Å². The van der Waals surface area contributed by atoms with Crippen molar-refractivity contribution < 1.29 is 13.2 Å². The molecule has 0 unspecified atom stereocenters. The van der Waals surface area contributed by atoms with Crippen LogP contribution in [-0.2, 0) is 14.8 Å². The van der Waals surface area contributed by atoms with Gasteiger partial charge in [-0.25, -0.2) is 8.42 Å². The highest BCUT2D eigenvalue weighted by Gasteiger charge is 2.31. The first-order chi connectivity index (χ1) is 14.3. The average molecular weight is 447 g/mol. The lowest BCUT2D eigenvalue weighted by molar-refractivity contribution is -0.117. The number of carbonyl (C=O) groups is 1. The Morgan fingerprint density at radius 2 is 1.90 bits per heavy atom. The van der Waals surface area contributed by atoms with E-state index in [1.807, 2.05) is 12.1 Å². The molecule has 0 bridgehead atoms. The summed E-state index contributed by atoms with van der Waals surface area (Å²) in [5, 5.41) is 3.45. The number of rotatable bonds is 4. The Bertz CT molecular complexity index is 1110. The van der Waals surface area contributed by atoms with Gasteiger partial charge in [-0.3, -0.25) is 14.5 Å². The standard InChI is InChI=1S/C21H23ClN4O3S/c1-14(23-20-16-7-3-4-8-19(16)30(28,29)25-20)21(27)24-17-13-15(22)9-10-18(17)26-11-5-2-6-12-26/h3-4,7-10,13-14H,2,5-6,11-12H2,1H3,(H,23,25)(H,24,27)/t14-/m1/s1. The lowest BCUT2D eigenvalue weighted by Crippen LogP contribution is -2.32. The number of amidine groups is 1. The fraction of sp³-hybridized carbons (Fsp3) is 0.333. The van der Waals surface area contributed by atoms with Crippen molar-refractivity contribution in [2.45, 2.75) is 37.1 Å². The number of anilines is 2. The van der Waals surface area contributed by atoms with Crippen molar-refractivity contribution in [1.82, 2.24) is 4.72 Å². The van der Waals surface area contributed by atoms with E-state index in [0.29, 0.717) is 16.3 Å². The van der Waals surface area contributed by atoms with E-state index in [4.69, 9.17) is 11.6 Å². The zero-order valence-electron chi connectivity index (χ0n) is 16.6. The van der Waals surface area contributed by atoms with Crippen molar-refractivity contribution in [2.75, 3.05) is 23.3 Å². The van der Waals surface area contributed by atoms with E-state index in [1.54, 1.807) is 31.2 Å². The van der Waals surface area contributed by atoms with Crippen LogP contribution >= 0.6 is 11.6 Å². The SMILES string of the molecule is C[C@@H](N=C1NS(=O)(=O)c2ccccc21)C(=O)Nc1cc(Cl)ccc1N1CCCCC1. The molecule has 2 aromatic rings. The summed E-state index contributed by atoms with van der Waals surface area (Å²) >= 11 is 6.17. The summed E-state index contributed by atoms with van der Waals surface area (Å²) in [6, 6.07) is 11.2. The van der Waals surface area contributed by atoms with Crippen LogP contribution in [0.15, 0.2) is 52.4 Å². The van der Waals surface area contributed by atoms with Crippen LogP contribution in [0.25, 0.3) is 0 Å². The molecule has 9 heteroatoms. The molecule has 0 aliphatic carbocycles. The van der Waals surface area contributed by atoms with E-state index >= 15 is 0 Å². The van der Waals surface area contributed by atoms with Crippen molar-refractivity contribution >= 4 is 44.7 Å². The molecule has 1 saturated heterocycles. The normalized spacial score (nSPS) is 19.8. The maximum atomic E-state index is 12.9. The van der Waals surface area contributed by atoms with Gasteiger partial charge in [-0.05, 0) is 56.5 Å². The highest BCUT2D eigenvalue weighted by Crippen LogP contribution is 2.31. The van der Waals surface area contributed by atoms with Crippen molar-refractivity contribution in [2.24, 2.45) is 4.99 Å². The zero-order chi connectivity index (χ0) is 21.3. The number of hydrogen-bond donors (Lipinski definition) is 2. The number of halogens is 1. The number of sulfonamides is 1. The summed E-state index contributed by atoms with van der Waals surface area (Å²) in [4.78, 5) is 19.6. The predicted molar refractivity (Wildman–Crippen MR) is 119 cm³/mol. The molecule has 1 atom stereocenters. The summed E-state index contributed by atoms with van der Waals surface area (Å²) in [6.45, 7) is 3.49. The molecule has 30 heavy (non-hydrogen) atoms. The molecule has 0 saturated carbocycles. The van der Waals surface area contributed by atoms with Crippen LogP contribution in [-0.4, -0.2) is 39.3 Å². The number of benzene rings is 2. The van der Waals surface area contributed by atoms with Gasteiger partial charge in [0.05, 0.1) is 16.3 Å². The highest BCUT2D eigenvalue weighted by atomic mass is 35.5. The molecule has 2 aliphatic rings. The minimum atomic E-state index is -3.65. The number of carbonyl (C=O) groups excluding carboxylic acids is 1. The molecular formula is C21H23ClN4O3S. The van der Waals surface area contributed by atoms with Gasteiger partial charge in [0.15, 0.2) is 0 Å². The highest BCUT2D eigenvalue weighted by molar-refractivity contribution is 7.90. The largest absolute Gasteiger partial charge is 0.370 e. The molecule has 0 aromatic heterocycles. The molecule has 2 heterocycles. The molecule has 1 fully saturated rings. The van der Waals surface area contributed by atoms with E-state index in [2.05, 4.69) is 19.9 Å². The van der Waals surface area contributed by atoms with Gasteiger partial charge < -0.3 is 10.2 Å². The van der Waals surface area contributed by atoms with Gasteiger partial charge >= 0.3 is 0 Å². The summed E-state index contributed by atoms with van der Waals surface area (Å²) in [5.41, 5.74) is 2.03. The first-order valence-corrected chi connectivity index (χ1v) is 11.8. The smallest absolute Gasteiger partial charge is 0.263 e. The lowest BCUT2D eigenvalue weighted by atomic mass is 10.1. The average Bonchev–Trinajstić information content (AvgIpc) is 2.99. The number of hydrogen-bond acceptors (Lipinski definition) is 5. The van der Waals surface area contributed by atoms with Crippen molar-refractivity contribution in [1.29, 1.82) is 0 Å². The number of amides is 1. The quantitative estimate of drug-likeness (QED) is 0.753. The minimum Gasteiger partial charge on any atom is -0.370 e. The molecule has 1 amide bonds. The number of aliphatic imine (C=N–C) groups is 1. The van der Waals surface area contributed by atoms with Crippen molar-refractivity contribution in [3.05, 3.63) is 53.1 Å². The summed E-state index contributed by atoms with van der Waals surface area (Å²) in [7, 11) is -3.65. The van der Waals surface area contributed by atoms with Gasteiger partial charge in [-0.2, -0.15) is 0 Å². The molecule has 0 spiro atoms. The van der Waals surface area contributed by atoms with Gasteiger partial charge in [-0.1, -0.05) is 23.7 Å². The molecule has 2 aliphatic heterocycles. The topological polar surface area (TPSA) is 90.9 Å². The van der Waals surface area contributed by atoms with E-state index in [1.165, 1.54) is 12.5 Å². The molecule has 0 radical (unpaired) electrons. The first kappa shape index (κ1) is 20.7. The minimum absolute atomic E-state index is 0.165. The van der Waals surface area contributed by atoms with E-state index in [0.717, 1.165) is 31.6 Å². The first-order valence-electron chi connectivity index (χ1n) is 9.90. The molecule has 2 aromatic carbocycles. The third-order valence-corrected chi connectivity index (χ3v) is 6.91. The van der Waals surface area contributed by atoms with Crippen LogP contribution in [0.5, 0.6) is 0 Å². The summed E-state index contributed by atoms with van der Waals surface area (Å²) in [5.74, 6) is -0.165. The van der Waals surface area contributed by atoms with Gasteiger partial charge in [0.2, 0.25) is 5.91 Å². The van der Waals surface area contributed by atoms with Crippen LogP contribution in [0.3, 0.4) is 0 Å². The third kappa shape index (κ3) is 4.15. The van der Waals surface area contributed by atoms with Gasteiger partial charge in [0.1, 0.15) is 11.9 Å². The molecule has 7 nitrogen and oxygen atoms in total. The monoisotopic (exact) mass is 446 g/mol. The summed E-state index contributed by atoms with van der Waals surface area (Å²) < 4.78 is 26.9. The predicted octanol–water partition coefficient (Wildman–Crippen LogP) is 3.40. The van der Waals surface area contributed by atoms with E-state index < -0.39 is 16.1 Å². The van der Waals surface area contributed by atoms with Gasteiger partial charge in [-0.15, -0.1) is 0 Å². The van der Waals surface area contributed by atoms with E-state index in [9.17, 15) is 13.2 Å². The zero-order valence-corrected chi connectivity index (χ0v) is 18.1. The lowest BCUT2D eigenvalue weighted by Gasteiger charge is -2.30. The fourth-order valence-corrected chi connectivity index (χ4v) is 5.15. The Morgan fingerprint density at radius 3 is 2.67 bits per heavy atom. The van der Waals surface area contributed by atoms with Gasteiger partial charge in [0, 0.05) is 23.7 Å². The maximum Gasteiger partial charge on any atom is 0.263 e. The van der Waals surface area contributed by atoms with Crippen molar-refractivity contribution in [3.8, 4) is 0 Å². The third-order valence-electron chi connectivity index (χ3n) is 5.28. The Labute approximate surface area is 181 Å². The molecule has 158 valence electrons.